The zero-order valence-corrected chi connectivity index (χ0v) is 23.0. The topological polar surface area (TPSA) is 85.8 Å². The van der Waals surface area contributed by atoms with Crippen LogP contribution in [0.3, 0.4) is 0 Å². The molecule has 4 rings (SSSR count). The summed E-state index contributed by atoms with van der Waals surface area (Å²) in [6, 6.07) is 17.5. The number of aromatic nitrogens is 1. The Morgan fingerprint density at radius 3 is 2.34 bits per heavy atom. The van der Waals surface area contributed by atoms with E-state index in [2.05, 4.69) is 27.3 Å². The van der Waals surface area contributed by atoms with Gasteiger partial charge in [0.25, 0.3) is 5.91 Å². The summed E-state index contributed by atoms with van der Waals surface area (Å²) in [6.07, 6.45) is 0.203. The highest BCUT2D eigenvalue weighted by atomic mass is 32.1. The molecule has 8 nitrogen and oxygen atoms in total. The summed E-state index contributed by atoms with van der Waals surface area (Å²) >= 11 is 1.28. The Labute approximate surface area is 228 Å². The molecule has 3 aromatic rings. The van der Waals surface area contributed by atoms with Gasteiger partial charge in [-0.25, -0.2) is 4.98 Å². The molecule has 0 radical (unpaired) electrons. The maximum atomic E-state index is 13.0. The second-order valence-electron chi connectivity index (χ2n) is 9.90. The molecule has 0 atom stereocenters. The largest absolute Gasteiger partial charge is 0.340 e. The van der Waals surface area contributed by atoms with Crippen molar-refractivity contribution in [1.82, 2.24) is 19.7 Å². The molecule has 200 valence electrons. The summed E-state index contributed by atoms with van der Waals surface area (Å²) in [5.74, 6) is -0.465. The van der Waals surface area contributed by atoms with Crippen molar-refractivity contribution in [2.75, 3.05) is 38.0 Å². The molecule has 9 heteroatoms. The lowest BCUT2D eigenvalue weighted by molar-refractivity contribution is -0.132. The van der Waals surface area contributed by atoms with Crippen molar-refractivity contribution in [3.63, 3.8) is 0 Å². The van der Waals surface area contributed by atoms with Gasteiger partial charge in [0.05, 0.1) is 12.1 Å². The highest BCUT2D eigenvalue weighted by molar-refractivity contribution is 7.13. The van der Waals surface area contributed by atoms with E-state index < -0.39 is 0 Å². The van der Waals surface area contributed by atoms with E-state index in [1.54, 1.807) is 17.5 Å². The number of carbonyl (C=O) groups is 3. The maximum absolute atomic E-state index is 13.0. The first-order valence-electron chi connectivity index (χ1n) is 12.9. The molecule has 1 aliphatic rings. The van der Waals surface area contributed by atoms with Gasteiger partial charge >= 0.3 is 0 Å². The molecule has 2 heterocycles. The highest BCUT2D eigenvalue weighted by Gasteiger charge is 2.24. The lowest BCUT2D eigenvalue weighted by atomic mass is 10.1. The molecule has 2 aromatic carbocycles. The van der Waals surface area contributed by atoms with Gasteiger partial charge in [0, 0.05) is 49.7 Å². The number of hydrogen-bond acceptors (Lipinski definition) is 6. The molecule has 0 bridgehead atoms. The van der Waals surface area contributed by atoms with Crippen LogP contribution in [0.5, 0.6) is 0 Å². The van der Waals surface area contributed by atoms with Crippen molar-refractivity contribution in [3.8, 4) is 0 Å². The van der Waals surface area contributed by atoms with Gasteiger partial charge in [-0.1, -0.05) is 48.0 Å². The molecule has 0 aliphatic carbocycles. The van der Waals surface area contributed by atoms with E-state index >= 15 is 0 Å². The Balaban J connectivity index is 1.25. The van der Waals surface area contributed by atoms with Crippen LogP contribution >= 0.6 is 11.3 Å². The fourth-order valence-electron chi connectivity index (χ4n) is 4.37. The van der Waals surface area contributed by atoms with E-state index in [0.717, 1.165) is 25.2 Å². The fraction of sp³-hybridized carbons (Fsp3) is 0.379. The zero-order valence-electron chi connectivity index (χ0n) is 22.2. The minimum Gasteiger partial charge on any atom is -0.340 e. The molecule has 0 saturated carbocycles. The lowest BCUT2D eigenvalue weighted by Crippen LogP contribution is -2.48. The van der Waals surface area contributed by atoms with Crippen LogP contribution in [0.15, 0.2) is 60.0 Å². The maximum Gasteiger partial charge on any atom is 0.254 e. The van der Waals surface area contributed by atoms with Gasteiger partial charge in [-0.15, -0.1) is 11.3 Å². The van der Waals surface area contributed by atoms with E-state index in [1.165, 1.54) is 21.8 Å². The molecule has 1 fully saturated rings. The number of nitrogens with one attached hydrogen (secondary N) is 1. The van der Waals surface area contributed by atoms with Gasteiger partial charge in [-0.05, 0) is 38.5 Å². The first kappa shape index (κ1) is 27.5. The molecule has 0 unspecified atom stereocenters. The van der Waals surface area contributed by atoms with Crippen LogP contribution in [0.1, 0.15) is 41.0 Å². The average Bonchev–Trinajstić information content (AvgIpc) is 3.34. The number of carbonyl (C=O) groups excluding carboxylic acids is 3. The first-order valence-corrected chi connectivity index (χ1v) is 13.8. The Morgan fingerprint density at radius 2 is 1.68 bits per heavy atom. The SMILES string of the molecule is Cc1ccc(C(=O)N(CC(=O)Nc2nc(CC(=O)N3CCN(Cc4ccccc4)CC3)cs2)C(C)C)cc1. The monoisotopic (exact) mass is 533 g/mol. The number of anilines is 1. The Bertz CT molecular complexity index is 1230. The minimum absolute atomic E-state index is 0.0437. The van der Waals surface area contributed by atoms with Crippen molar-refractivity contribution < 1.29 is 14.4 Å². The summed E-state index contributed by atoms with van der Waals surface area (Å²) in [7, 11) is 0. The smallest absolute Gasteiger partial charge is 0.254 e. The Morgan fingerprint density at radius 1 is 1.00 bits per heavy atom. The minimum atomic E-state index is -0.319. The number of aryl methyl sites for hydroxylation is 1. The zero-order chi connectivity index (χ0) is 27.1. The molecule has 1 aliphatic heterocycles. The standard InChI is InChI=1S/C29H35N5O3S/c1-21(2)34(28(37)24-11-9-22(3)10-12-24)19-26(35)31-29-30-25(20-38-29)17-27(36)33-15-13-32(14-16-33)18-23-7-5-4-6-8-23/h4-12,20-21H,13-19H2,1-3H3,(H,30,31,35). The van der Waals surface area contributed by atoms with E-state index in [1.807, 2.05) is 56.0 Å². The normalized spacial score (nSPS) is 13.9. The molecular formula is C29H35N5O3S. The highest BCUT2D eigenvalue weighted by Crippen LogP contribution is 2.18. The second-order valence-corrected chi connectivity index (χ2v) is 10.8. The summed E-state index contributed by atoms with van der Waals surface area (Å²) in [5.41, 5.74) is 3.53. The summed E-state index contributed by atoms with van der Waals surface area (Å²) < 4.78 is 0. The Kier molecular flexibility index (Phi) is 9.25. The van der Waals surface area contributed by atoms with Gasteiger partial charge < -0.3 is 15.1 Å². The summed E-state index contributed by atoms with van der Waals surface area (Å²) in [4.78, 5) is 48.8. The van der Waals surface area contributed by atoms with Gasteiger partial charge in [-0.2, -0.15) is 0 Å². The number of thiazole rings is 1. The van der Waals surface area contributed by atoms with Crippen molar-refractivity contribution in [1.29, 1.82) is 0 Å². The molecule has 1 aromatic heterocycles. The van der Waals surface area contributed by atoms with Crippen molar-refractivity contribution in [2.24, 2.45) is 0 Å². The van der Waals surface area contributed by atoms with Crippen molar-refractivity contribution >= 4 is 34.2 Å². The predicted octanol–water partition coefficient (Wildman–Crippen LogP) is 3.83. The van der Waals surface area contributed by atoms with Gasteiger partial charge in [-0.3, -0.25) is 19.3 Å². The van der Waals surface area contributed by atoms with Crippen LogP contribution in [0.2, 0.25) is 0 Å². The quantitative estimate of drug-likeness (QED) is 0.452. The number of benzene rings is 2. The third-order valence-electron chi connectivity index (χ3n) is 6.60. The number of hydrogen-bond donors (Lipinski definition) is 1. The first-order chi connectivity index (χ1) is 18.3. The van der Waals surface area contributed by atoms with Crippen LogP contribution < -0.4 is 5.32 Å². The van der Waals surface area contributed by atoms with Gasteiger partial charge in [0.15, 0.2) is 5.13 Å². The number of piperazine rings is 1. The van der Waals surface area contributed by atoms with E-state index in [4.69, 9.17) is 0 Å². The summed E-state index contributed by atoms with van der Waals surface area (Å²) in [5, 5.41) is 5.02. The third-order valence-corrected chi connectivity index (χ3v) is 7.41. The number of nitrogens with zero attached hydrogens (tertiary/aromatic N) is 4. The molecule has 38 heavy (non-hydrogen) atoms. The molecule has 3 amide bonds. The van der Waals surface area contributed by atoms with Crippen LogP contribution in [-0.2, 0) is 22.6 Å². The van der Waals surface area contributed by atoms with E-state index in [-0.39, 0.29) is 36.7 Å². The van der Waals surface area contributed by atoms with Gasteiger partial charge in [0.2, 0.25) is 11.8 Å². The molecule has 1 N–H and O–H groups in total. The number of rotatable bonds is 9. The third kappa shape index (κ3) is 7.49. The van der Waals surface area contributed by atoms with Crippen LogP contribution in [0, 0.1) is 6.92 Å². The van der Waals surface area contributed by atoms with Crippen LogP contribution in [0.25, 0.3) is 0 Å². The van der Waals surface area contributed by atoms with Crippen molar-refractivity contribution in [3.05, 3.63) is 82.4 Å². The second kappa shape index (κ2) is 12.8. The number of amides is 3. The van der Waals surface area contributed by atoms with Crippen LogP contribution in [-0.4, -0.2) is 76.2 Å². The lowest BCUT2D eigenvalue weighted by Gasteiger charge is -2.34. The van der Waals surface area contributed by atoms with Gasteiger partial charge in [0.1, 0.15) is 6.54 Å². The molecule has 1 saturated heterocycles. The molecular weight excluding hydrogens is 498 g/mol. The average molecular weight is 534 g/mol. The van der Waals surface area contributed by atoms with E-state index in [0.29, 0.717) is 29.5 Å². The van der Waals surface area contributed by atoms with E-state index in [9.17, 15) is 14.4 Å². The Hall–Kier alpha value is -3.56. The molecule has 0 spiro atoms. The fourth-order valence-corrected chi connectivity index (χ4v) is 5.10. The van der Waals surface area contributed by atoms with Crippen molar-refractivity contribution in [2.45, 2.75) is 39.8 Å². The van der Waals surface area contributed by atoms with Crippen LogP contribution in [0.4, 0.5) is 5.13 Å². The summed E-state index contributed by atoms with van der Waals surface area (Å²) in [6.45, 7) is 9.61. The predicted molar refractivity (Wildman–Crippen MR) is 150 cm³/mol.